The van der Waals surface area contributed by atoms with Gasteiger partial charge in [0.1, 0.15) is 11.6 Å². The predicted molar refractivity (Wildman–Crippen MR) is 106 cm³/mol. The molecule has 1 aliphatic heterocycles. The van der Waals surface area contributed by atoms with Crippen molar-refractivity contribution in [3.8, 4) is 11.7 Å². The summed E-state index contributed by atoms with van der Waals surface area (Å²) in [6.45, 7) is 2.80. The monoisotopic (exact) mass is 411 g/mol. The molecule has 1 aromatic carbocycles. The molecule has 30 heavy (non-hydrogen) atoms. The zero-order valence-corrected chi connectivity index (χ0v) is 16.6. The Labute approximate surface area is 172 Å². The maximum Gasteiger partial charge on any atom is 0.263 e. The van der Waals surface area contributed by atoms with Crippen LogP contribution in [0.2, 0.25) is 0 Å². The van der Waals surface area contributed by atoms with Gasteiger partial charge in [0.05, 0.1) is 23.9 Å². The van der Waals surface area contributed by atoms with Crippen molar-refractivity contribution < 1.29 is 22.8 Å². The van der Waals surface area contributed by atoms with Crippen molar-refractivity contribution in [1.82, 2.24) is 15.2 Å². The Morgan fingerprint density at radius 3 is 2.67 bits per heavy atom. The number of furan rings is 1. The highest BCUT2D eigenvalue weighted by Crippen LogP contribution is 2.23. The maximum atomic E-state index is 13.8. The molecule has 0 unspecified atom stereocenters. The fraction of sp³-hybridized carbons (Fsp3) is 0.318. The van der Waals surface area contributed by atoms with Crippen molar-refractivity contribution >= 4 is 11.8 Å². The normalized spacial score (nSPS) is 14.7. The molecule has 0 radical (unpaired) electrons. The molecular weight excluding hydrogens is 389 g/mol. The standard InChI is InChI=1S/C22H22FN3O4/c1-14-18(25-22(30-14)19-7-4-12-29-19)13-20(27)26-10-8-15(9-11-26)24-21(28)16-5-2-3-6-17(16)23/h2-7,12,15H,8-11,13H2,1H3,(H,24,28). The number of halogens is 1. The first-order valence-corrected chi connectivity index (χ1v) is 9.84. The first-order valence-electron chi connectivity index (χ1n) is 9.84. The SMILES string of the molecule is Cc1oc(-c2ccco2)nc1CC(=O)N1CCC(NC(=O)c2ccccc2F)CC1. The van der Waals surface area contributed by atoms with Crippen LogP contribution in [-0.2, 0) is 11.2 Å². The maximum absolute atomic E-state index is 13.8. The Morgan fingerprint density at radius 2 is 1.97 bits per heavy atom. The molecule has 0 atom stereocenters. The van der Waals surface area contributed by atoms with E-state index < -0.39 is 11.7 Å². The Hall–Kier alpha value is -3.42. The lowest BCUT2D eigenvalue weighted by atomic mass is 10.0. The van der Waals surface area contributed by atoms with Gasteiger partial charge in [-0.1, -0.05) is 12.1 Å². The van der Waals surface area contributed by atoms with Gasteiger partial charge in [0.25, 0.3) is 11.8 Å². The lowest BCUT2D eigenvalue weighted by molar-refractivity contribution is -0.131. The van der Waals surface area contributed by atoms with Crippen molar-refractivity contribution in [2.24, 2.45) is 0 Å². The molecule has 3 aromatic rings. The number of carbonyl (C=O) groups excluding carboxylic acids is 2. The molecule has 2 aromatic heterocycles. The van der Waals surface area contributed by atoms with E-state index in [-0.39, 0.29) is 23.9 Å². The van der Waals surface area contributed by atoms with Gasteiger partial charge in [-0.2, -0.15) is 0 Å². The van der Waals surface area contributed by atoms with Gasteiger partial charge in [-0.05, 0) is 44.0 Å². The number of oxazole rings is 1. The molecular formula is C22H22FN3O4. The first-order chi connectivity index (χ1) is 14.5. The van der Waals surface area contributed by atoms with E-state index in [0.717, 1.165) is 0 Å². The minimum atomic E-state index is -0.542. The summed E-state index contributed by atoms with van der Waals surface area (Å²) in [5.41, 5.74) is 0.617. The molecule has 7 nitrogen and oxygen atoms in total. The van der Waals surface area contributed by atoms with Crippen molar-refractivity contribution in [2.45, 2.75) is 32.2 Å². The smallest absolute Gasteiger partial charge is 0.263 e. The van der Waals surface area contributed by atoms with Gasteiger partial charge in [0.15, 0.2) is 5.76 Å². The van der Waals surface area contributed by atoms with Crippen LogP contribution in [0.15, 0.2) is 51.5 Å². The van der Waals surface area contributed by atoms with E-state index in [1.807, 2.05) is 0 Å². The highest BCUT2D eigenvalue weighted by Gasteiger charge is 2.26. The number of amides is 2. The molecule has 0 spiro atoms. The number of piperidine rings is 1. The molecule has 1 N–H and O–H groups in total. The zero-order valence-electron chi connectivity index (χ0n) is 16.6. The topological polar surface area (TPSA) is 88.6 Å². The highest BCUT2D eigenvalue weighted by molar-refractivity contribution is 5.94. The van der Waals surface area contributed by atoms with Gasteiger partial charge < -0.3 is 19.1 Å². The third-order valence-corrected chi connectivity index (χ3v) is 5.24. The highest BCUT2D eigenvalue weighted by atomic mass is 19.1. The molecule has 2 amide bonds. The van der Waals surface area contributed by atoms with Crippen LogP contribution in [-0.4, -0.2) is 40.8 Å². The zero-order chi connectivity index (χ0) is 21.1. The summed E-state index contributed by atoms with van der Waals surface area (Å²) < 4.78 is 24.6. The second-order valence-electron chi connectivity index (χ2n) is 7.28. The quantitative estimate of drug-likeness (QED) is 0.696. The fourth-order valence-corrected chi connectivity index (χ4v) is 3.53. The second-order valence-corrected chi connectivity index (χ2v) is 7.28. The second kappa shape index (κ2) is 8.52. The number of aryl methyl sites for hydroxylation is 1. The third kappa shape index (κ3) is 4.27. The van der Waals surface area contributed by atoms with Crippen LogP contribution in [0.5, 0.6) is 0 Å². The van der Waals surface area contributed by atoms with E-state index in [0.29, 0.717) is 49.0 Å². The lowest BCUT2D eigenvalue weighted by Crippen LogP contribution is -2.47. The third-order valence-electron chi connectivity index (χ3n) is 5.24. The minimum Gasteiger partial charge on any atom is -0.459 e. The van der Waals surface area contributed by atoms with Crippen LogP contribution in [0.1, 0.15) is 34.7 Å². The molecule has 0 bridgehead atoms. The van der Waals surface area contributed by atoms with Crippen LogP contribution < -0.4 is 5.32 Å². The Balaban J connectivity index is 1.31. The molecule has 0 saturated carbocycles. The number of rotatable bonds is 5. The summed E-state index contributed by atoms with van der Waals surface area (Å²) in [6, 6.07) is 9.29. The molecule has 1 aliphatic rings. The van der Waals surface area contributed by atoms with Gasteiger partial charge in [-0.3, -0.25) is 9.59 Å². The van der Waals surface area contributed by atoms with Gasteiger partial charge in [-0.15, -0.1) is 0 Å². The van der Waals surface area contributed by atoms with Gasteiger partial charge in [0.2, 0.25) is 5.91 Å². The van der Waals surface area contributed by atoms with Crippen molar-refractivity contribution in [1.29, 1.82) is 0 Å². The molecule has 8 heteroatoms. The summed E-state index contributed by atoms with van der Waals surface area (Å²) in [6.07, 6.45) is 2.90. The van der Waals surface area contributed by atoms with Crippen LogP contribution >= 0.6 is 0 Å². The molecule has 0 aliphatic carbocycles. The van der Waals surface area contributed by atoms with Crippen LogP contribution in [0.4, 0.5) is 4.39 Å². The summed E-state index contributed by atoms with van der Waals surface area (Å²) in [7, 11) is 0. The van der Waals surface area contributed by atoms with E-state index in [4.69, 9.17) is 8.83 Å². The van der Waals surface area contributed by atoms with E-state index in [1.54, 1.807) is 36.1 Å². The molecule has 4 rings (SSSR count). The molecule has 3 heterocycles. The summed E-state index contributed by atoms with van der Waals surface area (Å²) in [5.74, 6) is 0.442. The fourth-order valence-electron chi connectivity index (χ4n) is 3.53. The average Bonchev–Trinajstić information content (AvgIpc) is 3.39. The van der Waals surface area contributed by atoms with Gasteiger partial charge in [0, 0.05) is 19.1 Å². The number of likely N-dealkylation sites (tertiary alicyclic amines) is 1. The van der Waals surface area contributed by atoms with E-state index in [9.17, 15) is 14.0 Å². The number of carbonyl (C=O) groups is 2. The number of aromatic nitrogens is 1. The number of benzene rings is 1. The number of hydrogen-bond acceptors (Lipinski definition) is 5. The first kappa shape index (κ1) is 19.9. The minimum absolute atomic E-state index is 0.0323. The number of nitrogens with zero attached hydrogens (tertiary/aromatic N) is 2. The number of hydrogen-bond donors (Lipinski definition) is 1. The van der Waals surface area contributed by atoms with Crippen LogP contribution in [0.25, 0.3) is 11.7 Å². The van der Waals surface area contributed by atoms with Crippen LogP contribution in [0, 0.1) is 12.7 Å². The number of nitrogens with one attached hydrogen (secondary N) is 1. The van der Waals surface area contributed by atoms with E-state index in [2.05, 4.69) is 10.3 Å². The van der Waals surface area contributed by atoms with Gasteiger partial charge >= 0.3 is 0 Å². The largest absolute Gasteiger partial charge is 0.459 e. The summed E-state index contributed by atoms with van der Waals surface area (Å²) in [4.78, 5) is 31.1. The Bertz CT molecular complexity index is 1040. The molecule has 1 saturated heterocycles. The van der Waals surface area contributed by atoms with Crippen molar-refractivity contribution in [2.75, 3.05) is 13.1 Å². The van der Waals surface area contributed by atoms with E-state index in [1.165, 1.54) is 18.4 Å². The molecule has 156 valence electrons. The predicted octanol–water partition coefficient (Wildman–Crippen LogP) is 3.35. The lowest BCUT2D eigenvalue weighted by Gasteiger charge is -2.32. The van der Waals surface area contributed by atoms with Crippen molar-refractivity contribution in [3.63, 3.8) is 0 Å². The Morgan fingerprint density at radius 1 is 1.20 bits per heavy atom. The summed E-state index contributed by atoms with van der Waals surface area (Å²) in [5, 5.41) is 2.86. The molecule has 1 fully saturated rings. The summed E-state index contributed by atoms with van der Waals surface area (Å²) >= 11 is 0. The van der Waals surface area contributed by atoms with E-state index >= 15 is 0 Å². The van der Waals surface area contributed by atoms with Gasteiger partial charge in [-0.25, -0.2) is 9.37 Å². The van der Waals surface area contributed by atoms with Crippen molar-refractivity contribution in [3.05, 3.63) is 65.5 Å². The van der Waals surface area contributed by atoms with Crippen LogP contribution in [0.3, 0.4) is 0 Å². The average molecular weight is 411 g/mol. The Kier molecular flexibility index (Phi) is 5.65.